The maximum atomic E-state index is 12.4. The van der Waals surface area contributed by atoms with Crippen LogP contribution in [0.25, 0.3) is 6.08 Å². The Balaban J connectivity index is 2.23. The summed E-state index contributed by atoms with van der Waals surface area (Å²) in [6.45, 7) is 1.97. The molecule has 114 valence electrons. The molecule has 0 spiro atoms. The molecule has 2 aromatic carbocycles. The minimum Gasteiger partial charge on any atom is -0.497 e. The van der Waals surface area contributed by atoms with Crippen molar-refractivity contribution in [2.75, 3.05) is 14.2 Å². The summed E-state index contributed by atoms with van der Waals surface area (Å²) >= 11 is 3.36. The van der Waals surface area contributed by atoms with Gasteiger partial charge in [0.25, 0.3) is 0 Å². The van der Waals surface area contributed by atoms with E-state index < -0.39 is 0 Å². The van der Waals surface area contributed by atoms with E-state index in [9.17, 15) is 4.79 Å². The SMILES string of the molecule is COc1ccc(C(=O)/C(Br)=C/c2ccc(OC)c(C)c2)cc1. The van der Waals surface area contributed by atoms with Gasteiger partial charge in [-0.05, 0) is 76.5 Å². The van der Waals surface area contributed by atoms with Crippen LogP contribution in [0.3, 0.4) is 0 Å². The van der Waals surface area contributed by atoms with E-state index in [1.54, 1.807) is 44.6 Å². The summed E-state index contributed by atoms with van der Waals surface area (Å²) in [6, 6.07) is 12.8. The molecule has 0 saturated carbocycles. The summed E-state index contributed by atoms with van der Waals surface area (Å²) in [6.07, 6.45) is 1.80. The molecule has 3 nitrogen and oxygen atoms in total. The number of carbonyl (C=O) groups excluding carboxylic acids is 1. The van der Waals surface area contributed by atoms with Crippen LogP contribution in [0.2, 0.25) is 0 Å². The zero-order valence-electron chi connectivity index (χ0n) is 12.7. The number of Topliss-reactive ketones (excluding diaryl/α,β-unsaturated/α-hetero) is 1. The summed E-state index contributed by atoms with van der Waals surface area (Å²) in [4.78, 5) is 12.4. The second kappa shape index (κ2) is 7.27. The number of allylic oxidation sites excluding steroid dienone is 1. The molecule has 0 unspecified atom stereocenters. The van der Waals surface area contributed by atoms with E-state index in [4.69, 9.17) is 9.47 Å². The number of benzene rings is 2. The van der Waals surface area contributed by atoms with E-state index in [0.717, 1.165) is 22.6 Å². The van der Waals surface area contributed by atoms with Gasteiger partial charge in [-0.1, -0.05) is 6.07 Å². The number of carbonyl (C=O) groups is 1. The highest BCUT2D eigenvalue weighted by molar-refractivity contribution is 9.12. The number of rotatable bonds is 5. The zero-order chi connectivity index (χ0) is 16.1. The van der Waals surface area contributed by atoms with E-state index in [1.165, 1.54) is 0 Å². The van der Waals surface area contributed by atoms with E-state index in [1.807, 2.05) is 25.1 Å². The molecular weight excluding hydrogens is 344 g/mol. The van der Waals surface area contributed by atoms with Crippen molar-refractivity contribution in [2.24, 2.45) is 0 Å². The van der Waals surface area contributed by atoms with Crippen molar-refractivity contribution in [3.8, 4) is 11.5 Å². The van der Waals surface area contributed by atoms with Crippen molar-refractivity contribution < 1.29 is 14.3 Å². The highest BCUT2D eigenvalue weighted by Crippen LogP contribution is 2.23. The number of hydrogen-bond donors (Lipinski definition) is 0. The number of hydrogen-bond acceptors (Lipinski definition) is 3. The van der Waals surface area contributed by atoms with Crippen LogP contribution in [0.15, 0.2) is 46.9 Å². The number of ketones is 1. The molecule has 0 radical (unpaired) electrons. The van der Waals surface area contributed by atoms with Gasteiger partial charge in [-0.25, -0.2) is 0 Å². The van der Waals surface area contributed by atoms with Crippen molar-refractivity contribution in [2.45, 2.75) is 6.92 Å². The first kappa shape index (κ1) is 16.3. The lowest BCUT2D eigenvalue weighted by Gasteiger charge is -2.06. The molecule has 0 aliphatic heterocycles. The molecule has 0 aliphatic rings. The Morgan fingerprint density at radius 2 is 1.73 bits per heavy atom. The van der Waals surface area contributed by atoms with Crippen LogP contribution in [0.1, 0.15) is 21.5 Å². The van der Waals surface area contributed by atoms with Gasteiger partial charge in [-0.3, -0.25) is 4.79 Å². The smallest absolute Gasteiger partial charge is 0.199 e. The van der Waals surface area contributed by atoms with Gasteiger partial charge < -0.3 is 9.47 Å². The van der Waals surface area contributed by atoms with Crippen molar-refractivity contribution >= 4 is 27.8 Å². The molecule has 0 N–H and O–H groups in total. The van der Waals surface area contributed by atoms with E-state index >= 15 is 0 Å². The standard InChI is InChI=1S/C18H17BrO3/c1-12-10-13(4-9-17(12)22-3)11-16(19)18(20)14-5-7-15(21-2)8-6-14/h4-11H,1-3H3/b16-11-. The molecule has 2 aromatic rings. The molecule has 0 fully saturated rings. The lowest BCUT2D eigenvalue weighted by molar-refractivity contribution is 0.104. The van der Waals surface area contributed by atoms with Gasteiger partial charge in [0.05, 0.1) is 18.7 Å². The second-order valence-electron chi connectivity index (χ2n) is 4.78. The van der Waals surface area contributed by atoms with Crippen LogP contribution in [0.4, 0.5) is 0 Å². The van der Waals surface area contributed by atoms with Gasteiger partial charge in [-0.2, -0.15) is 0 Å². The predicted molar refractivity (Wildman–Crippen MR) is 92.0 cm³/mol. The number of aryl methyl sites for hydroxylation is 1. The maximum absolute atomic E-state index is 12.4. The first-order chi connectivity index (χ1) is 10.5. The molecule has 2 rings (SSSR count). The highest BCUT2D eigenvalue weighted by Gasteiger charge is 2.10. The largest absolute Gasteiger partial charge is 0.497 e. The third-order valence-corrected chi connectivity index (χ3v) is 3.87. The van der Waals surface area contributed by atoms with Crippen LogP contribution in [0, 0.1) is 6.92 Å². The lowest BCUT2D eigenvalue weighted by Crippen LogP contribution is -1.98. The van der Waals surface area contributed by atoms with Crippen molar-refractivity contribution in [3.63, 3.8) is 0 Å². The number of ether oxygens (including phenoxy) is 2. The average Bonchev–Trinajstić information content (AvgIpc) is 2.54. The number of halogens is 1. The van der Waals surface area contributed by atoms with Gasteiger partial charge in [0.15, 0.2) is 5.78 Å². The van der Waals surface area contributed by atoms with Crippen LogP contribution in [-0.2, 0) is 0 Å². The molecule has 0 amide bonds. The van der Waals surface area contributed by atoms with Gasteiger partial charge in [0.1, 0.15) is 11.5 Å². The minimum atomic E-state index is -0.0730. The zero-order valence-corrected chi connectivity index (χ0v) is 14.3. The normalized spacial score (nSPS) is 11.2. The van der Waals surface area contributed by atoms with Gasteiger partial charge in [-0.15, -0.1) is 0 Å². The van der Waals surface area contributed by atoms with Crippen molar-refractivity contribution in [1.29, 1.82) is 0 Å². The average molecular weight is 361 g/mol. The quantitative estimate of drug-likeness (QED) is 0.575. The molecule has 0 aliphatic carbocycles. The first-order valence-electron chi connectivity index (χ1n) is 6.75. The third kappa shape index (κ3) is 3.77. The molecule has 0 saturated heterocycles. The van der Waals surface area contributed by atoms with Crippen LogP contribution >= 0.6 is 15.9 Å². The summed E-state index contributed by atoms with van der Waals surface area (Å²) in [5.74, 6) is 1.48. The molecule has 0 aromatic heterocycles. The Labute approximate surface area is 138 Å². The topological polar surface area (TPSA) is 35.5 Å². The Bertz CT molecular complexity index is 703. The fourth-order valence-electron chi connectivity index (χ4n) is 2.08. The Hall–Kier alpha value is -2.07. The van der Waals surface area contributed by atoms with E-state index in [-0.39, 0.29) is 5.78 Å². The van der Waals surface area contributed by atoms with E-state index in [0.29, 0.717) is 10.0 Å². The molecule has 0 bridgehead atoms. The van der Waals surface area contributed by atoms with Gasteiger partial charge in [0, 0.05) is 5.56 Å². The maximum Gasteiger partial charge on any atom is 0.199 e. The van der Waals surface area contributed by atoms with Crippen molar-refractivity contribution in [3.05, 3.63) is 63.6 Å². The fourth-order valence-corrected chi connectivity index (χ4v) is 2.58. The first-order valence-corrected chi connectivity index (χ1v) is 7.55. The number of methoxy groups -OCH3 is 2. The second-order valence-corrected chi connectivity index (χ2v) is 5.63. The third-order valence-electron chi connectivity index (χ3n) is 3.28. The molecule has 22 heavy (non-hydrogen) atoms. The Kier molecular flexibility index (Phi) is 5.39. The lowest BCUT2D eigenvalue weighted by atomic mass is 10.1. The van der Waals surface area contributed by atoms with Crippen LogP contribution in [0.5, 0.6) is 11.5 Å². The van der Waals surface area contributed by atoms with Crippen LogP contribution < -0.4 is 9.47 Å². The van der Waals surface area contributed by atoms with Crippen LogP contribution in [-0.4, -0.2) is 20.0 Å². The molecule has 4 heteroatoms. The highest BCUT2D eigenvalue weighted by atomic mass is 79.9. The summed E-state index contributed by atoms with van der Waals surface area (Å²) in [5, 5.41) is 0. The van der Waals surface area contributed by atoms with Gasteiger partial charge in [0.2, 0.25) is 0 Å². The predicted octanol–water partition coefficient (Wildman–Crippen LogP) is 4.63. The monoisotopic (exact) mass is 360 g/mol. The van der Waals surface area contributed by atoms with E-state index in [2.05, 4.69) is 15.9 Å². The molecule has 0 atom stereocenters. The van der Waals surface area contributed by atoms with Crippen molar-refractivity contribution in [1.82, 2.24) is 0 Å². The minimum absolute atomic E-state index is 0.0730. The fraction of sp³-hybridized carbons (Fsp3) is 0.167. The summed E-state index contributed by atoms with van der Waals surface area (Å²) in [5.41, 5.74) is 2.56. The Morgan fingerprint density at radius 3 is 2.27 bits per heavy atom. The Morgan fingerprint density at radius 1 is 1.05 bits per heavy atom. The summed E-state index contributed by atoms with van der Waals surface area (Å²) < 4.78 is 10.8. The van der Waals surface area contributed by atoms with Gasteiger partial charge >= 0.3 is 0 Å². The summed E-state index contributed by atoms with van der Waals surface area (Å²) in [7, 11) is 3.24. The molecular formula is C18H17BrO3. The molecule has 0 heterocycles.